The van der Waals surface area contributed by atoms with Crippen molar-refractivity contribution >= 4 is 5.78 Å². The van der Waals surface area contributed by atoms with Gasteiger partial charge in [0.25, 0.3) is 0 Å². The van der Waals surface area contributed by atoms with Gasteiger partial charge in [-0.25, -0.2) is 0 Å². The van der Waals surface area contributed by atoms with E-state index in [1.165, 1.54) is 12.8 Å². The highest BCUT2D eigenvalue weighted by atomic mass is 16.5. The molecule has 1 saturated heterocycles. The first kappa shape index (κ1) is 19.1. The minimum Gasteiger partial charge on any atom is -0.490 e. The van der Waals surface area contributed by atoms with Crippen LogP contribution in [0.2, 0.25) is 0 Å². The van der Waals surface area contributed by atoms with Crippen molar-refractivity contribution in [2.45, 2.75) is 38.4 Å². The van der Waals surface area contributed by atoms with Crippen molar-refractivity contribution in [2.75, 3.05) is 32.8 Å². The zero-order valence-corrected chi connectivity index (χ0v) is 15.9. The molecule has 0 bridgehead atoms. The van der Waals surface area contributed by atoms with Gasteiger partial charge in [-0.15, -0.1) is 0 Å². The molecule has 1 aromatic heterocycles. The first-order chi connectivity index (χ1) is 13.7. The quantitative estimate of drug-likeness (QED) is 0.732. The van der Waals surface area contributed by atoms with Crippen LogP contribution in [0.5, 0.6) is 5.75 Å². The zero-order chi connectivity index (χ0) is 19.3. The molecule has 0 atom stereocenters. The molecule has 0 radical (unpaired) electrons. The van der Waals surface area contributed by atoms with Crippen molar-refractivity contribution in [1.82, 2.24) is 10.1 Å². The highest BCUT2D eigenvalue weighted by Crippen LogP contribution is 2.31. The van der Waals surface area contributed by atoms with Gasteiger partial charge in [0.05, 0.1) is 32.5 Å². The summed E-state index contributed by atoms with van der Waals surface area (Å²) in [6.45, 7) is 3.02. The lowest BCUT2D eigenvalue weighted by Crippen LogP contribution is -2.39. The van der Waals surface area contributed by atoms with Crippen LogP contribution in [0.15, 0.2) is 28.8 Å². The first-order valence-corrected chi connectivity index (χ1v) is 9.94. The predicted octanol–water partition coefficient (Wildman–Crippen LogP) is 2.67. The van der Waals surface area contributed by atoms with Crippen LogP contribution in [0.1, 0.15) is 41.8 Å². The van der Waals surface area contributed by atoms with E-state index in [2.05, 4.69) is 10.1 Å². The van der Waals surface area contributed by atoms with Crippen molar-refractivity contribution < 1.29 is 23.9 Å². The Bertz CT molecular complexity index is 807. The van der Waals surface area contributed by atoms with Crippen LogP contribution in [-0.2, 0) is 11.3 Å². The average molecular weight is 386 g/mol. The molecule has 2 aromatic rings. The van der Waals surface area contributed by atoms with Gasteiger partial charge in [0.15, 0.2) is 0 Å². The van der Waals surface area contributed by atoms with Gasteiger partial charge in [0, 0.05) is 30.3 Å². The van der Waals surface area contributed by atoms with E-state index in [-0.39, 0.29) is 24.3 Å². The second-order valence-electron chi connectivity index (χ2n) is 7.39. The number of aliphatic hydroxyl groups excluding tert-OH is 1. The molecule has 7 heteroatoms. The second kappa shape index (κ2) is 8.86. The van der Waals surface area contributed by atoms with Gasteiger partial charge >= 0.3 is 0 Å². The molecule has 2 aliphatic rings. The molecule has 0 spiro atoms. The number of carbonyl (C=O) groups is 1. The molecule has 1 aliphatic heterocycles. The molecule has 150 valence electrons. The number of benzene rings is 1. The van der Waals surface area contributed by atoms with Crippen LogP contribution in [0.3, 0.4) is 0 Å². The Hall–Kier alpha value is -2.22. The van der Waals surface area contributed by atoms with Crippen molar-refractivity contribution in [3.63, 3.8) is 0 Å². The van der Waals surface area contributed by atoms with Gasteiger partial charge in [-0.05, 0) is 31.7 Å². The van der Waals surface area contributed by atoms with E-state index in [1.807, 2.05) is 18.2 Å². The Morgan fingerprint density at radius 1 is 1.21 bits per heavy atom. The maximum Gasteiger partial charge on any atom is 0.214 e. The number of aromatic nitrogens is 1. The molecule has 28 heavy (non-hydrogen) atoms. The molecule has 1 N–H and O–H groups in total. The summed E-state index contributed by atoms with van der Waals surface area (Å²) >= 11 is 0. The summed E-state index contributed by atoms with van der Waals surface area (Å²) in [5.74, 6) is 0.845. The monoisotopic (exact) mass is 386 g/mol. The summed E-state index contributed by atoms with van der Waals surface area (Å²) < 4.78 is 16.7. The van der Waals surface area contributed by atoms with E-state index in [0.717, 1.165) is 37.1 Å². The minimum atomic E-state index is -0.0879. The van der Waals surface area contributed by atoms with Crippen LogP contribution in [0.25, 0.3) is 11.3 Å². The number of hydrogen-bond donors (Lipinski definition) is 1. The molecule has 0 amide bonds. The molecular weight excluding hydrogens is 360 g/mol. The molecule has 1 saturated carbocycles. The van der Waals surface area contributed by atoms with E-state index < -0.39 is 0 Å². The second-order valence-corrected chi connectivity index (χ2v) is 7.39. The van der Waals surface area contributed by atoms with Crippen molar-refractivity contribution in [1.29, 1.82) is 0 Å². The van der Waals surface area contributed by atoms with Gasteiger partial charge < -0.3 is 19.1 Å². The van der Waals surface area contributed by atoms with E-state index >= 15 is 0 Å². The average Bonchev–Trinajstić information content (AvgIpc) is 3.41. The smallest absolute Gasteiger partial charge is 0.214 e. The number of ether oxygens (including phenoxy) is 2. The van der Waals surface area contributed by atoms with Gasteiger partial charge in [-0.1, -0.05) is 17.3 Å². The van der Waals surface area contributed by atoms with E-state index in [1.54, 1.807) is 6.07 Å². The predicted molar refractivity (Wildman–Crippen MR) is 102 cm³/mol. The van der Waals surface area contributed by atoms with Crippen LogP contribution < -0.4 is 4.74 Å². The lowest BCUT2D eigenvalue weighted by atomic mass is 10.1. The number of hydrogen-bond acceptors (Lipinski definition) is 7. The van der Waals surface area contributed by atoms with Crippen molar-refractivity contribution in [2.24, 2.45) is 0 Å². The Balaban J connectivity index is 1.48. The summed E-state index contributed by atoms with van der Waals surface area (Å²) in [6, 6.07) is 7.25. The molecular formula is C21H26N2O5. The van der Waals surface area contributed by atoms with Crippen LogP contribution >= 0.6 is 0 Å². The Labute approximate surface area is 164 Å². The highest BCUT2D eigenvalue weighted by molar-refractivity contribution is 5.95. The number of aliphatic hydroxyl groups is 1. The SMILES string of the molecule is O=C(CN1CCOCC1)c1cc(-c2ccc(CO)c(OC3CCCC3)c2)no1. The number of ketones is 1. The largest absolute Gasteiger partial charge is 0.490 e. The summed E-state index contributed by atoms with van der Waals surface area (Å²) in [7, 11) is 0. The van der Waals surface area contributed by atoms with Gasteiger partial charge in [0.2, 0.25) is 11.5 Å². The van der Waals surface area contributed by atoms with Crippen LogP contribution in [0, 0.1) is 0 Å². The number of Topliss-reactive ketones (excluding diaryl/α,β-unsaturated/α-hetero) is 1. The maximum absolute atomic E-state index is 12.5. The van der Waals surface area contributed by atoms with Crippen LogP contribution in [-0.4, -0.2) is 59.9 Å². The third-order valence-electron chi connectivity index (χ3n) is 5.38. The lowest BCUT2D eigenvalue weighted by molar-refractivity contribution is 0.0363. The molecule has 4 rings (SSSR count). The minimum absolute atomic E-state index is 0.0789. The summed E-state index contributed by atoms with van der Waals surface area (Å²) in [4.78, 5) is 14.5. The third-order valence-corrected chi connectivity index (χ3v) is 5.38. The normalized spacial score (nSPS) is 18.5. The fraction of sp³-hybridized carbons (Fsp3) is 0.524. The van der Waals surface area contributed by atoms with E-state index in [0.29, 0.717) is 31.2 Å². The summed E-state index contributed by atoms with van der Waals surface area (Å²) in [5, 5.41) is 13.7. The molecule has 0 unspecified atom stereocenters. The van der Waals surface area contributed by atoms with Crippen molar-refractivity contribution in [3.05, 3.63) is 35.6 Å². The van der Waals surface area contributed by atoms with Gasteiger partial charge in [-0.2, -0.15) is 0 Å². The molecule has 1 aromatic carbocycles. The summed E-state index contributed by atoms with van der Waals surface area (Å²) in [6.07, 6.45) is 4.63. The Morgan fingerprint density at radius 3 is 2.75 bits per heavy atom. The Kier molecular flexibility index (Phi) is 6.04. The lowest BCUT2D eigenvalue weighted by Gasteiger charge is -2.25. The first-order valence-electron chi connectivity index (χ1n) is 9.94. The molecule has 1 aliphatic carbocycles. The highest BCUT2D eigenvalue weighted by Gasteiger charge is 2.21. The van der Waals surface area contributed by atoms with Gasteiger partial charge in [0.1, 0.15) is 11.4 Å². The van der Waals surface area contributed by atoms with Crippen LogP contribution in [0.4, 0.5) is 0 Å². The number of morpholine rings is 1. The standard InChI is InChI=1S/C21H26N2O5/c24-14-16-6-5-15(11-20(16)27-17-3-1-2-4-17)18-12-21(28-22-18)19(25)13-23-7-9-26-10-8-23/h5-6,11-12,17,24H,1-4,7-10,13-14H2. The zero-order valence-electron chi connectivity index (χ0n) is 15.9. The number of rotatable bonds is 7. The maximum atomic E-state index is 12.5. The summed E-state index contributed by atoms with van der Waals surface area (Å²) in [5.41, 5.74) is 2.15. The van der Waals surface area contributed by atoms with E-state index in [9.17, 15) is 9.90 Å². The number of nitrogens with zero attached hydrogens (tertiary/aromatic N) is 2. The topological polar surface area (TPSA) is 85.0 Å². The molecule has 2 fully saturated rings. The Morgan fingerprint density at radius 2 is 2.00 bits per heavy atom. The van der Waals surface area contributed by atoms with Crippen molar-refractivity contribution in [3.8, 4) is 17.0 Å². The third kappa shape index (κ3) is 4.43. The fourth-order valence-corrected chi connectivity index (χ4v) is 3.72. The molecule has 2 heterocycles. The number of carbonyl (C=O) groups excluding carboxylic acids is 1. The van der Waals surface area contributed by atoms with E-state index in [4.69, 9.17) is 14.0 Å². The van der Waals surface area contributed by atoms with Gasteiger partial charge in [-0.3, -0.25) is 9.69 Å². The fourth-order valence-electron chi connectivity index (χ4n) is 3.72. The molecule has 7 nitrogen and oxygen atoms in total.